The van der Waals surface area contributed by atoms with Crippen molar-refractivity contribution < 1.29 is 46.3 Å². The molecule has 1 unspecified atom stereocenters. The Labute approximate surface area is 164 Å². The van der Waals surface area contributed by atoms with Crippen molar-refractivity contribution in [3.8, 4) is 0 Å². The number of ether oxygens (including phenoxy) is 1. The van der Waals surface area contributed by atoms with E-state index in [1.807, 2.05) is 0 Å². The number of hydrogen-bond acceptors (Lipinski definition) is 11. The quantitative estimate of drug-likeness (QED) is 0.308. The number of anilines is 1. The summed E-state index contributed by atoms with van der Waals surface area (Å²) in [6, 6.07) is 0. The van der Waals surface area contributed by atoms with Crippen LogP contribution in [0.4, 0.5) is 5.82 Å². The molecule has 1 aliphatic heterocycles. The molecule has 2 aromatic heterocycles. The molecule has 1 aliphatic rings. The van der Waals surface area contributed by atoms with Crippen molar-refractivity contribution >= 4 is 47.7 Å². The van der Waals surface area contributed by atoms with Gasteiger partial charge in [0.05, 0.1) is 26.5 Å². The zero-order valence-electron chi connectivity index (χ0n) is 14.4. The van der Waals surface area contributed by atoms with Gasteiger partial charge in [0.25, 0.3) is 0 Å². The normalized spacial score (nSPS) is 24.4. The van der Waals surface area contributed by atoms with Gasteiger partial charge in [0.2, 0.25) is 0 Å². The summed E-state index contributed by atoms with van der Waals surface area (Å²) >= 11 is 0. The third-order valence-corrected chi connectivity index (χ3v) is 7.57. The summed E-state index contributed by atoms with van der Waals surface area (Å²) in [5.41, 5.74) is 6.58. The lowest BCUT2D eigenvalue weighted by molar-refractivity contribution is -0.0167. The van der Waals surface area contributed by atoms with Gasteiger partial charge in [-0.3, -0.25) is 4.57 Å². The summed E-state index contributed by atoms with van der Waals surface area (Å²) in [6.45, 7) is -0.399. The predicted molar refractivity (Wildman–Crippen MR) is 96.2 cm³/mol. The van der Waals surface area contributed by atoms with Gasteiger partial charge in [-0.1, -0.05) is 0 Å². The Balaban J connectivity index is 1.58. The fourth-order valence-electron chi connectivity index (χ4n) is 2.60. The molecule has 0 spiro atoms. The number of nitrogens with zero attached hydrogens (tertiary/aromatic N) is 4. The third-order valence-electron chi connectivity index (χ3n) is 3.65. The summed E-state index contributed by atoms with van der Waals surface area (Å²) in [6.07, 6.45) is 2.56. The minimum atomic E-state index is -5.44. The van der Waals surface area contributed by atoms with Gasteiger partial charge in [0.1, 0.15) is 18.1 Å². The molecule has 0 aliphatic carbocycles. The number of rotatable bonds is 8. The van der Waals surface area contributed by atoms with Crippen molar-refractivity contribution in [2.45, 2.75) is 25.2 Å². The van der Waals surface area contributed by atoms with Crippen molar-refractivity contribution in [1.82, 2.24) is 19.5 Å². The Kier molecular flexibility index (Phi) is 6.33. The van der Waals surface area contributed by atoms with Crippen LogP contribution in [0.2, 0.25) is 0 Å². The lowest BCUT2D eigenvalue weighted by Crippen LogP contribution is -2.16. The second-order valence-corrected chi connectivity index (χ2v) is 10.4. The van der Waals surface area contributed by atoms with Gasteiger partial charge in [-0.15, -0.1) is 0 Å². The highest BCUT2D eigenvalue weighted by Crippen LogP contribution is 2.66. The zero-order chi connectivity index (χ0) is 21.4. The van der Waals surface area contributed by atoms with E-state index < -0.39 is 42.1 Å². The Bertz CT molecular complexity index is 1040. The topological polar surface area (TPSA) is 218 Å². The first-order valence-corrected chi connectivity index (χ1v) is 12.4. The number of nitrogens with two attached hydrogens (primary N) is 1. The standard InChI is InChI=1S/C10H15BN5O10P3/c11-27(17,25-29(21,22)26-28(18,19)20)23-3-6-1-2-7(24-6)16-5-15-8-9(12)13-4-14-10(8)16/h4-7H,1-3H2,(H,21,22)(H2,12,13,14)(H2,18,19,20)/q-1/t6-,7+,27-/m0/s1. The van der Waals surface area contributed by atoms with E-state index in [-0.39, 0.29) is 5.82 Å². The Morgan fingerprint density at radius 2 is 1.93 bits per heavy atom. The van der Waals surface area contributed by atoms with Crippen LogP contribution in [0.1, 0.15) is 19.1 Å². The lowest BCUT2D eigenvalue weighted by Gasteiger charge is -2.28. The van der Waals surface area contributed by atoms with Gasteiger partial charge in [0, 0.05) is 0 Å². The van der Waals surface area contributed by atoms with E-state index in [0.717, 1.165) is 0 Å². The predicted octanol–water partition coefficient (Wildman–Crippen LogP) is 0.606. The highest BCUT2D eigenvalue weighted by Gasteiger charge is 2.35. The third kappa shape index (κ3) is 5.92. The van der Waals surface area contributed by atoms with Gasteiger partial charge in [-0.05, 0) is 12.8 Å². The molecular formula is C10H15BN5O10P3-. The molecule has 2 aromatic rings. The molecule has 3 rings (SSSR count). The molecule has 0 bridgehead atoms. The number of phosphoric acid groups is 2. The molecule has 159 valence electrons. The molecule has 0 saturated carbocycles. The van der Waals surface area contributed by atoms with Crippen LogP contribution >= 0.6 is 23.1 Å². The number of fused-ring (bicyclic) bond motifs is 1. The molecular weight excluding hydrogens is 454 g/mol. The molecule has 4 atom stereocenters. The largest absolute Gasteiger partial charge is 0.485 e. The summed E-state index contributed by atoms with van der Waals surface area (Å²) in [7, 11) is -10.4. The molecule has 1 saturated heterocycles. The average Bonchev–Trinajstić information content (AvgIpc) is 3.16. The fraction of sp³-hybridized carbons (Fsp3) is 0.500. The number of imidazole rings is 1. The van der Waals surface area contributed by atoms with Crippen LogP contribution in [0.3, 0.4) is 0 Å². The summed E-state index contributed by atoms with van der Waals surface area (Å²) < 4.78 is 53.7. The van der Waals surface area contributed by atoms with Crippen molar-refractivity contribution in [3.63, 3.8) is 0 Å². The van der Waals surface area contributed by atoms with E-state index in [9.17, 15) is 18.6 Å². The molecule has 1 fully saturated rings. The Morgan fingerprint density at radius 1 is 1.21 bits per heavy atom. The second kappa shape index (κ2) is 8.16. The van der Waals surface area contributed by atoms with Crippen LogP contribution in [-0.2, 0) is 31.6 Å². The smallest absolute Gasteiger partial charge is 0.443 e. The van der Waals surface area contributed by atoms with E-state index in [4.69, 9.17) is 32.3 Å². The number of nitrogen functional groups attached to an aromatic ring is 1. The lowest BCUT2D eigenvalue weighted by atomic mass is 10.2. The summed E-state index contributed by atoms with van der Waals surface area (Å²) in [4.78, 5) is 38.3. The molecule has 19 heteroatoms. The first-order chi connectivity index (χ1) is 13.4. The minimum absolute atomic E-state index is 0.207. The van der Waals surface area contributed by atoms with E-state index in [2.05, 4.69) is 23.6 Å². The van der Waals surface area contributed by atoms with Crippen LogP contribution in [0.5, 0.6) is 0 Å². The number of aromatic nitrogens is 4. The Hall–Kier alpha value is -1.18. The van der Waals surface area contributed by atoms with Crippen LogP contribution in [0.25, 0.3) is 11.2 Å². The molecule has 3 heterocycles. The van der Waals surface area contributed by atoms with Crippen LogP contribution < -0.4 is 5.73 Å². The average molecular weight is 469 g/mol. The van der Waals surface area contributed by atoms with Crippen molar-refractivity contribution in [2.24, 2.45) is 0 Å². The fourth-order valence-corrected chi connectivity index (χ4v) is 5.77. The maximum absolute atomic E-state index is 12.0. The van der Waals surface area contributed by atoms with Crippen LogP contribution in [-0.4, -0.2) is 54.5 Å². The van der Waals surface area contributed by atoms with E-state index >= 15 is 0 Å². The monoisotopic (exact) mass is 469 g/mol. The highest BCUT2D eigenvalue weighted by molar-refractivity contribution is 7.84. The van der Waals surface area contributed by atoms with Crippen LogP contribution in [0.15, 0.2) is 12.7 Å². The maximum Gasteiger partial charge on any atom is 0.485 e. The molecule has 0 aromatic carbocycles. The maximum atomic E-state index is 12.0. The van der Waals surface area contributed by atoms with Crippen molar-refractivity contribution in [3.05, 3.63) is 12.7 Å². The zero-order valence-corrected chi connectivity index (χ0v) is 17.1. The number of hydrogen-bond donors (Lipinski definition) is 4. The van der Waals surface area contributed by atoms with Crippen molar-refractivity contribution in [1.29, 1.82) is 0 Å². The second-order valence-electron chi connectivity index (χ2n) is 5.83. The van der Waals surface area contributed by atoms with Crippen molar-refractivity contribution in [2.75, 3.05) is 12.3 Å². The van der Waals surface area contributed by atoms with Gasteiger partial charge >= 0.3 is 15.6 Å². The highest BCUT2D eigenvalue weighted by atomic mass is 31.3. The van der Waals surface area contributed by atoms with E-state index in [1.165, 1.54) is 12.7 Å². The molecule has 29 heavy (non-hydrogen) atoms. The van der Waals surface area contributed by atoms with Gasteiger partial charge < -0.3 is 41.8 Å². The first kappa shape index (κ1) is 22.5. The van der Waals surface area contributed by atoms with E-state index in [1.54, 1.807) is 4.57 Å². The molecule has 0 amide bonds. The molecule has 15 nitrogen and oxygen atoms in total. The van der Waals surface area contributed by atoms with E-state index in [0.29, 0.717) is 24.0 Å². The summed E-state index contributed by atoms with van der Waals surface area (Å²) in [5, 5.41) is 0. The first-order valence-electron chi connectivity index (χ1n) is 7.78. The SMILES string of the molecule is [B-][P@](=O)(OC[C@@H]1CC[C@H](n2cnc3c(N)ncnc32)O1)OP(=O)(O)OP(=O)(O)O. The molecule has 3 radical (unpaired) electrons. The molecule has 5 N–H and O–H groups in total. The van der Waals surface area contributed by atoms with Gasteiger partial charge in [0.15, 0.2) is 11.5 Å². The minimum Gasteiger partial charge on any atom is -0.443 e. The van der Waals surface area contributed by atoms with Gasteiger partial charge in [-0.25, -0.2) is 28.4 Å². The van der Waals surface area contributed by atoms with Crippen LogP contribution in [0, 0.1) is 0 Å². The summed E-state index contributed by atoms with van der Waals surface area (Å²) in [5.74, 6) is 0.207. The van der Waals surface area contributed by atoms with Gasteiger partial charge in [-0.2, -0.15) is 4.31 Å². The Morgan fingerprint density at radius 3 is 2.62 bits per heavy atom.